The Labute approximate surface area is 175 Å². The van der Waals surface area contributed by atoms with Gasteiger partial charge in [0.05, 0.1) is 4.90 Å². The first-order valence-electron chi connectivity index (χ1n) is 10.1. The molecule has 1 N–H and O–H groups in total. The number of amides is 1. The fourth-order valence-electron chi connectivity index (χ4n) is 4.09. The van der Waals surface area contributed by atoms with Gasteiger partial charge >= 0.3 is 0 Å². The Morgan fingerprint density at radius 1 is 1.07 bits per heavy atom. The lowest BCUT2D eigenvalue weighted by Crippen LogP contribution is -2.40. The van der Waals surface area contributed by atoms with Crippen molar-refractivity contribution in [1.82, 2.24) is 14.5 Å². The van der Waals surface area contributed by atoms with Gasteiger partial charge in [0.2, 0.25) is 15.9 Å². The number of rotatable bonds is 7. The summed E-state index contributed by atoms with van der Waals surface area (Å²) in [6, 6.07) is 7.37. The minimum Gasteiger partial charge on any atom is -0.338 e. The largest absolute Gasteiger partial charge is 0.338 e. The van der Waals surface area contributed by atoms with Gasteiger partial charge in [-0.2, -0.15) is 4.31 Å². The Kier molecular flexibility index (Phi) is 8.74. The van der Waals surface area contributed by atoms with Crippen LogP contribution in [0.1, 0.15) is 44.1 Å². The fraction of sp³-hybridized carbons (Fsp3) is 0.650. The molecule has 3 rings (SSSR count). The van der Waals surface area contributed by atoms with Gasteiger partial charge in [-0.25, -0.2) is 8.42 Å². The van der Waals surface area contributed by atoms with Crippen molar-refractivity contribution in [2.75, 3.05) is 33.2 Å². The number of benzene rings is 1. The highest BCUT2D eigenvalue weighted by atomic mass is 35.5. The van der Waals surface area contributed by atoms with Crippen molar-refractivity contribution in [3.05, 3.63) is 29.8 Å². The quantitative estimate of drug-likeness (QED) is 0.722. The van der Waals surface area contributed by atoms with Gasteiger partial charge in [0, 0.05) is 38.6 Å². The van der Waals surface area contributed by atoms with Crippen LogP contribution in [0.15, 0.2) is 29.2 Å². The van der Waals surface area contributed by atoms with E-state index in [0.29, 0.717) is 36.9 Å². The van der Waals surface area contributed by atoms with E-state index < -0.39 is 10.0 Å². The third-order valence-corrected chi connectivity index (χ3v) is 7.55. The molecule has 0 aliphatic carbocycles. The van der Waals surface area contributed by atoms with Crippen LogP contribution in [0.3, 0.4) is 0 Å². The molecule has 2 saturated heterocycles. The van der Waals surface area contributed by atoms with Gasteiger partial charge in [-0.05, 0) is 56.8 Å². The van der Waals surface area contributed by atoms with Crippen LogP contribution in [0.4, 0.5) is 0 Å². The van der Waals surface area contributed by atoms with Crippen molar-refractivity contribution in [1.29, 1.82) is 0 Å². The topological polar surface area (TPSA) is 69.7 Å². The monoisotopic (exact) mass is 429 g/mol. The molecule has 6 nitrogen and oxygen atoms in total. The minimum atomic E-state index is -3.39. The van der Waals surface area contributed by atoms with E-state index in [1.807, 2.05) is 24.1 Å². The van der Waals surface area contributed by atoms with Crippen molar-refractivity contribution in [3.8, 4) is 0 Å². The molecule has 0 aromatic heterocycles. The summed E-state index contributed by atoms with van der Waals surface area (Å²) >= 11 is 0. The van der Waals surface area contributed by atoms with Gasteiger partial charge in [-0.1, -0.05) is 18.6 Å². The maximum Gasteiger partial charge on any atom is 0.243 e. The third-order valence-electron chi connectivity index (χ3n) is 5.64. The van der Waals surface area contributed by atoms with Gasteiger partial charge in [-0.3, -0.25) is 4.79 Å². The molecule has 2 heterocycles. The molecular weight excluding hydrogens is 398 g/mol. The number of sulfonamides is 1. The molecule has 1 atom stereocenters. The van der Waals surface area contributed by atoms with E-state index in [-0.39, 0.29) is 18.3 Å². The number of piperidine rings is 1. The molecule has 2 aliphatic rings. The zero-order chi connectivity index (χ0) is 19.3. The summed E-state index contributed by atoms with van der Waals surface area (Å²) in [6.45, 7) is 2.91. The van der Waals surface area contributed by atoms with Crippen LogP contribution in [0.2, 0.25) is 0 Å². The van der Waals surface area contributed by atoms with E-state index in [9.17, 15) is 13.2 Å². The SMILES string of the molecule is CNCC1CCCN1C(=O)CCc1ccc(S(=O)(=O)N2CCCCC2)cc1.Cl. The first-order chi connectivity index (χ1) is 13.0. The van der Waals surface area contributed by atoms with Crippen LogP contribution in [0.5, 0.6) is 0 Å². The molecule has 1 aromatic rings. The van der Waals surface area contributed by atoms with Crippen LogP contribution >= 0.6 is 12.4 Å². The third kappa shape index (κ3) is 5.47. The summed E-state index contributed by atoms with van der Waals surface area (Å²) in [4.78, 5) is 14.9. The van der Waals surface area contributed by atoms with Crippen molar-refractivity contribution in [2.45, 2.75) is 55.9 Å². The number of likely N-dealkylation sites (tertiary alicyclic amines) is 1. The summed E-state index contributed by atoms with van der Waals surface area (Å²) in [5, 5.41) is 3.16. The molecule has 158 valence electrons. The van der Waals surface area contributed by atoms with Gasteiger partial charge < -0.3 is 10.2 Å². The molecule has 2 fully saturated rings. The normalized spacial score (nSPS) is 20.8. The summed E-state index contributed by atoms with van der Waals surface area (Å²) in [6.07, 6.45) is 6.22. The van der Waals surface area contributed by atoms with E-state index in [2.05, 4.69) is 5.32 Å². The number of halogens is 1. The lowest BCUT2D eigenvalue weighted by molar-refractivity contribution is -0.131. The lowest BCUT2D eigenvalue weighted by Gasteiger charge is -2.26. The van der Waals surface area contributed by atoms with Crippen LogP contribution in [-0.4, -0.2) is 62.8 Å². The highest BCUT2D eigenvalue weighted by molar-refractivity contribution is 7.89. The smallest absolute Gasteiger partial charge is 0.243 e. The summed E-state index contributed by atoms with van der Waals surface area (Å²) in [7, 11) is -1.47. The second-order valence-corrected chi connectivity index (χ2v) is 9.49. The predicted molar refractivity (Wildman–Crippen MR) is 113 cm³/mol. The highest BCUT2D eigenvalue weighted by Crippen LogP contribution is 2.22. The Hall–Kier alpha value is -1.15. The van der Waals surface area contributed by atoms with Crippen LogP contribution in [0, 0.1) is 0 Å². The van der Waals surface area contributed by atoms with Crippen LogP contribution in [0.25, 0.3) is 0 Å². The van der Waals surface area contributed by atoms with Gasteiger partial charge in [0.15, 0.2) is 0 Å². The molecule has 1 aromatic carbocycles. The molecular formula is C20H32ClN3O3S. The van der Waals surface area contributed by atoms with Crippen LogP contribution < -0.4 is 5.32 Å². The van der Waals surface area contributed by atoms with Gasteiger partial charge in [-0.15, -0.1) is 12.4 Å². The number of nitrogens with one attached hydrogen (secondary N) is 1. The van der Waals surface area contributed by atoms with Gasteiger partial charge in [0.25, 0.3) is 0 Å². The first-order valence-corrected chi connectivity index (χ1v) is 11.5. The molecule has 1 amide bonds. The lowest BCUT2D eigenvalue weighted by atomic mass is 10.1. The van der Waals surface area contributed by atoms with E-state index in [1.54, 1.807) is 16.4 Å². The Morgan fingerprint density at radius 3 is 2.39 bits per heavy atom. The maximum absolute atomic E-state index is 12.7. The van der Waals surface area contributed by atoms with Crippen molar-refractivity contribution >= 4 is 28.3 Å². The number of likely N-dealkylation sites (N-methyl/N-ethyl adjacent to an activating group) is 1. The molecule has 1 unspecified atom stereocenters. The molecule has 0 bridgehead atoms. The molecule has 8 heteroatoms. The molecule has 0 radical (unpaired) electrons. The first kappa shape index (κ1) is 23.1. The Balaban J connectivity index is 0.00000280. The zero-order valence-corrected chi connectivity index (χ0v) is 18.2. The van der Waals surface area contributed by atoms with Crippen molar-refractivity contribution in [2.24, 2.45) is 0 Å². The minimum absolute atomic E-state index is 0. The Morgan fingerprint density at radius 2 is 1.75 bits per heavy atom. The van der Waals surface area contributed by atoms with Gasteiger partial charge in [0.1, 0.15) is 0 Å². The average Bonchev–Trinajstić information content (AvgIpc) is 3.16. The van der Waals surface area contributed by atoms with E-state index in [0.717, 1.165) is 50.8 Å². The van der Waals surface area contributed by atoms with Crippen molar-refractivity contribution in [3.63, 3.8) is 0 Å². The number of hydrogen-bond acceptors (Lipinski definition) is 4. The van der Waals surface area contributed by atoms with Crippen molar-refractivity contribution < 1.29 is 13.2 Å². The molecule has 2 aliphatic heterocycles. The number of carbonyl (C=O) groups excluding carboxylic acids is 1. The summed E-state index contributed by atoms with van der Waals surface area (Å²) in [5.74, 6) is 0.192. The second-order valence-electron chi connectivity index (χ2n) is 7.55. The van der Waals surface area contributed by atoms with E-state index >= 15 is 0 Å². The molecule has 0 saturated carbocycles. The zero-order valence-electron chi connectivity index (χ0n) is 16.6. The number of carbonyl (C=O) groups is 1. The van der Waals surface area contributed by atoms with E-state index in [1.165, 1.54) is 0 Å². The summed E-state index contributed by atoms with van der Waals surface area (Å²) in [5.41, 5.74) is 1.00. The second kappa shape index (κ2) is 10.6. The number of aryl methyl sites for hydroxylation is 1. The maximum atomic E-state index is 12.7. The van der Waals surface area contributed by atoms with Crippen LogP contribution in [-0.2, 0) is 21.2 Å². The van der Waals surface area contributed by atoms with E-state index in [4.69, 9.17) is 0 Å². The molecule has 0 spiro atoms. The average molecular weight is 430 g/mol. The number of hydrogen-bond donors (Lipinski definition) is 1. The fourth-order valence-corrected chi connectivity index (χ4v) is 5.61. The highest BCUT2D eigenvalue weighted by Gasteiger charge is 2.28. The predicted octanol–water partition coefficient (Wildman–Crippen LogP) is 2.43. The summed E-state index contributed by atoms with van der Waals surface area (Å²) < 4.78 is 27.0. The Bertz CT molecular complexity index is 734. The number of nitrogens with zero attached hydrogens (tertiary/aromatic N) is 2. The standard InChI is InChI=1S/C20H31N3O3S.ClH/c1-21-16-18-6-5-15-23(18)20(24)12-9-17-7-10-19(11-8-17)27(25,26)22-13-3-2-4-14-22;/h7-8,10-11,18,21H,2-6,9,12-16H2,1H3;1H. The molecule has 28 heavy (non-hydrogen) atoms.